The minimum atomic E-state index is -0.750. The maximum absolute atomic E-state index is 11.6. The second-order valence-electron chi connectivity index (χ2n) is 6.29. The zero-order chi connectivity index (χ0) is 18.6. The average Bonchev–Trinajstić information content (AvgIpc) is 2.51. The first-order valence-electron chi connectivity index (χ1n) is 9.63. The highest BCUT2D eigenvalue weighted by Gasteiger charge is 2.07. The maximum Gasteiger partial charge on any atom is 0.219 e. The van der Waals surface area contributed by atoms with Gasteiger partial charge in [-0.3, -0.25) is 4.79 Å². The Hall–Kier alpha value is 0.340. The second kappa shape index (κ2) is 21.4. The molecule has 1 amide bonds. The molecule has 0 saturated heterocycles. The van der Waals surface area contributed by atoms with Crippen molar-refractivity contribution in [2.24, 2.45) is 0 Å². The van der Waals surface area contributed by atoms with E-state index in [1.807, 2.05) is 0 Å². The van der Waals surface area contributed by atoms with Gasteiger partial charge in [0.25, 0.3) is 0 Å². The van der Waals surface area contributed by atoms with Crippen molar-refractivity contribution in [3.05, 3.63) is 0 Å². The van der Waals surface area contributed by atoms with Gasteiger partial charge in [-0.2, -0.15) is 0 Å². The van der Waals surface area contributed by atoms with Crippen LogP contribution in [0.4, 0.5) is 0 Å². The van der Waals surface area contributed by atoms with Gasteiger partial charge >= 0.3 is 0 Å². The zero-order valence-corrected chi connectivity index (χ0v) is 18.2. The van der Waals surface area contributed by atoms with Crippen molar-refractivity contribution in [2.75, 3.05) is 13.1 Å². The molecule has 0 heterocycles. The molecule has 0 radical (unpaired) electrons. The monoisotopic (exact) mass is 401 g/mol. The average molecular weight is 403 g/mol. The lowest BCUT2D eigenvalue weighted by Gasteiger charge is -2.21. The maximum atomic E-state index is 11.6. The molecular formula is C19H38Cl3NO. The minimum absolute atomic E-state index is 0.257. The molecule has 5 heteroatoms. The van der Waals surface area contributed by atoms with Crippen LogP contribution in [0.15, 0.2) is 0 Å². The molecule has 0 spiro atoms. The van der Waals surface area contributed by atoms with Gasteiger partial charge in [0.15, 0.2) is 4.30 Å². The number of unbranched alkanes of at least 4 members (excludes halogenated alkanes) is 10. The van der Waals surface area contributed by atoms with E-state index in [0.29, 0.717) is 0 Å². The fourth-order valence-corrected chi connectivity index (χ4v) is 2.59. The van der Waals surface area contributed by atoms with Crippen LogP contribution in [0, 0.1) is 0 Å². The largest absolute Gasteiger partial charge is 0.343 e. The van der Waals surface area contributed by atoms with Gasteiger partial charge in [0.1, 0.15) is 0 Å². The molecule has 0 aliphatic heterocycles. The summed E-state index contributed by atoms with van der Waals surface area (Å²) >= 11 is 14.4. The van der Waals surface area contributed by atoms with Gasteiger partial charge in [-0.1, -0.05) is 113 Å². The Balaban J connectivity index is 0. The van der Waals surface area contributed by atoms with Crippen LogP contribution in [0.2, 0.25) is 0 Å². The number of rotatable bonds is 14. The van der Waals surface area contributed by atoms with Crippen LogP contribution >= 0.6 is 34.8 Å². The van der Waals surface area contributed by atoms with E-state index in [0.717, 1.165) is 13.1 Å². The van der Waals surface area contributed by atoms with Gasteiger partial charge in [0.2, 0.25) is 5.91 Å². The molecule has 0 bridgehead atoms. The van der Waals surface area contributed by atoms with E-state index < -0.39 is 4.30 Å². The summed E-state index contributed by atoms with van der Waals surface area (Å²) in [5, 5.41) is 0. The predicted molar refractivity (Wildman–Crippen MR) is 110 cm³/mol. The number of amides is 1. The second-order valence-corrected chi connectivity index (χ2v) is 8.27. The lowest BCUT2D eigenvalue weighted by Crippen LogP contribution is -2.30. The Labute approximate surface area is 165 Å². The third-order valence-corrected chi connectivity index (χ3v) is 4.01. The first kappa shape index (κ1) is 26.6. The molecule has 0 N–H and O–H groups in total. The Bertz CT molecular complexity index is 244. The summed E-state index contributed by atoms with van der Waals surface area (Å²) in [6.07, 6.45) is 15.6. The van der Waals surface area contributed by atoms with Crippen LogP contribution < -0.4 is 0 Å². The number of carbonyl (C=O) groups excluding carboxylic acids is 1. The van der Waals surface area contributed by atoms with Gasteiger partial charge in [-0.05, 0) is 12.8 Å². The summed E-state index contributed by atoms with van der Waals surface area (Å²) in [5.74, 6) is 0.257. The number of halogens is 3. The molecule has 0 atom stereocenters. The normalized spacial score (nSPS) is 10.5. The van der Waals surface area contributed by atoms with Gasteiger partial charge in [-0.25, -0.2) is 0 Å². The summed E-state index contributed by atoms with van der Waals surface area (Å²) < 4.78 is -0.750. The van der Waals surface area contributed by atoms with Gasteiger partial charge < -0.3 is 4.90 Å². The van der Waals surface area contributed by atoms with Crippen molar-refractivity contribution >= 4 is 40.7 Å². The molecule has 0 aromatic carbocycles. The molecule has 0 saturated carbocycles. The summed E-state index contributed by atoms with van der Waals surface area (Å²) in [7, 11) is 0. The highest BCUT2D eigenvalue weighted by molar-refractivity contribution is 6.63. The molecule has 0 aromatic rings. The van der Waals surface area contributed by atoms with Crippen molar-refractivity contribution in [1.29, 1.82) is 0 Å². The summed E-state index contributed by atoms with van der Waals surface area (Å²) in [4.78, 5) is 13.7. The fourth-order valence-electron chi connectivity index (χ4n) is 2.59. The van der Waals surface area contributed by atoms with Crippen LogP contribution in [0.5, 0.6) is 0 Å². The summed E-state index contributed by atoms with van der Waals surface area (Å²) in [6, 6.07) is 0. The van der Waals surface area contributed by atoms with Crippen molar-refractivity contribution in [3.8, 4) is 0 Å². The number of hydrogen-bond donors (Lipinski definition) is 0. The Kier molecular flexibility index (Phi) is 23.7. The van der Waals surface area contributed by atoms with Gasteiger partial charge in [0.05, 0.1) is 0 Å². The lowest BCUT2D eigenvalue weighted by atomic mass is 10.1. The number of alkyl halides is 3. The lowest BCUT2D eigenvalue weighted by molar-refractivity contribution is -0.129. The van der Waals surface area contributed by atoms with Crippen molar-refractivity contribution in [2.45, 2.75) is 102 Å². The molecule has 0 aliphatic carbocycles. The van der Waals surface area contributed by atoms with Crippen molar-refractivity contribution in [1.82, 2.24) is 4.90 Å². The first-order valence-corrected chi connectivity index (χ1v) is 10.9. The van der Waals surface area contributed by atoms with Crippen LogP contribution in [0.3, 0.4) is 0 Å². The minimum Gasteiger partial charge on any atom is -0.343 e. The number of nitrogens with zero attached hydrogens (tertiary/aromatic N) is 1. The van der Waals surface area contributed by atoms with E-state index in [2.05, 4.69) is 18.7 Å². The first-order chi connectivity index (χ1) is 11.5. The molecule has 0 fully saturated rings. The number of carbonyl (C=O) groups is 1. The number of hydrogen-bond acceptors (Lipinski definition) is 1. The molecule has 2 nitrogen and oxygen atoms in total. The zero-order valence-electron chi connectivity index (χ0n) is 16.0. The van der Waals surface area contributed by atoms with Crippen LogP contribution in [-0.2, 0) is 4.79 Å². The molecule has 24 heavy (non-hydrogen) atoms. The Morgan fingerprint density at radius 1 is 0.708 bits per heavy atom. The molecule has 0 rings (SSSR count). The quantitative estimate of drug-likeness (QED) is 0.217. The highest BCUT2D eigenvalue weighted by Crippen LogP contribution is 2.09. The van der Waals surface area contributed by atoms with Gasteiger partial charge in [-0.15, -0.1) is 0 Å². The Morgan fingerprint density at radius 2 is 1.00 bits per heavy atom. The molecule has 0 aliphatic rings. The van der Waals surface area contributed by atoms with E-state index in [4.69, 9.17) is 34.8 Å². The third kappa shape index (κ3) is 24.6. The van der Waals surface area contributed by atoms with Gasteiger partial charge in [0, 0.05) is 20.0 Å². The van der Waals surface area contributed by atoms with E-state index in [1.165, 1.54) is 77.0 Å². The fraction of sp³-hybridized carbons (Fsp3) is 0.947. The Morgan fingerprint density at radius 3 is 1.29 bits per heavy atom. The molecular weight excluding hydrogens is 365 g/mol. The predicted octanol–water partition coefficient (Wildman–Crippen LogP) is 7.54. The standard InChI is InChI=1S/C18H37NO.CHCl3/c1-4-6-8-10-12-14-16-19(18(3)20)17-15-13-11-9-7-5-2;2-1(3)4/h4-17H2,1-3H3;1H. The van der Waals surface area contributed by atoms with Crippen molar-refractivity contribution < 1.29 is 4.79 Å². The van der Waals surface area contributed by atoms with Crippen molar-refractivity contribution in [3.63, 3.8) is 0 Å². The van der Waals surface area contributed by atoms with E-state index in [9.17, 15) is 4.79 Å². The summed E-state index contributed by atoms with van der Waals surface area (Å²) in [6.45, 7) is 8.15. The van der Waals surface area contributed by atoms with Crippen LogP contribution in [0.25, 0.3) is 0 Å². The van der Waals surface area contributed by atoms with E-state index in [1.54, 1.807) is 6.92 Å². The third-order valence-electron chi connectivity index (χ3n) is 4.01. The molecule has 146 valence electrons. The van der Waals surface area contributed by atoms with Crippen LogP contribution in [0.1, 0.15) is 97.8 Å². The van der Waals surface area contributed by atoms with E-state index >= 15 is 0 Å². The van der Waals surface area contributed by atoms with Crippen LogP contribution in [-0.4, -0.2) is 28.2 Å². The topological polar surface area (TPSA) is 20.3 Å². The SMILES string of the molecule is CCCCCCCCN(CCCCCCCC)C(C)=O.ClC(Cl)Cl. The highest BCUT2D eigenvalue weighted by atomic mass is 35.6. The molecule has 0 unspecified atom stereocenters. The van der Waals surface area contributed by atoms with E-state index in [-0.39, 0.29) is 5.91 Å². The summed E-state index contributed by atoms with van der Waals surface area (Å²) in [5.41, 5.74) is 0. The molecule has 0 aromatic heterocycles. The smallest absolute Gasteiger partial charge is 0.219 e.